The van der Waals surface area contributed by atoms with E-state index < -0.39 is 0 Å². The Bertz CT molecular complexity index is 176. The third-order valence-corrected chi connectivity index (χ3v) is 4.02. The Morgan fingerprint density at radius 2 is 1.76 bits per heavy atom. The highest BCUT2D eigenvalue weighted by molar-refractivity contribution is 4.73. The van der Waals surface area contributed by atoms with Gasteiger partial charge in [0.05, 0.1) is 6.10 Å². The summed E-state index contributed by atoms with van der Waals surface area (Å²) in [6.07, 6.45) is 11.9. The molecule has 0 amide bonds. The van der Waals surface area contributed by atoms with Crippen LogP contribution in [-0.2, 0) is 4.74 Å². The first-order chi connectivity index (χ1) is 8.27. The molecule has 2 unspecified atom stereocenters. The molecule has 2 heteroatoms. The summed E-state index contributed by atoms with van der Waals surface area (Å²) in [5.41, 5.74) is 6.16. The maximum Gasteiger partial charge on any atom is 0.0723 e. The third-order valence-electron chi connectivity index (χ3n) is 4.02. The Balaban J connectivity index is 2.25. The molecule has 17 heavy (non-hydrogen) atoms. The number of hydrogen-bond donors (Lipinski definition) is 1. The summed E-state index contributed by atoms with van der Waals surface area (Å²) in [6.45, 7) is 5.32. The molecule has 0 bridgehead atoms. The Morgan fingerprint density at radius 3 is 2.29 bits per heavy atom. The minimum atomic E-state index is 0.232. The van der Waals surface area contributed by atoms with Gasteiger partial charge in [-0.2, -0.15) is 0 Å². The fourth-order valence-electron chi connectivity index (χ4n) is 2.85. The molecule has 0 aromatic heterocycles. The van der Waals surface area contributed by atoms with E-state index in [1.54, 1.807) is 0 Å². The van der Waals surface area contributed by atoms with Gasteiger partial charge in [0.25, 0.3) is 0 Å². The third kappa shape index (κ3) is 5.87. The first-order valence-corrected chi connectivity index (χ1v) is 7.65. The highest BCUT2D eigenvalue weighted by Crippen LogP contribution is 2.24. The van der Waals surface area contributed by atoms with E-state index in [1.807, 2.05) is 0 Å². The van der Waals surface area contributed by atoms with Crippen molar-refractivity contribution in [2.75, 3.05) is 6.61 Å². The Hall–Kier alpha value is -0.0800. The van der Waals surface area contributed by atoms with Crippen LogP contribution in [0, 0.1) is 5.92 Å². The van der Waals surface area contributed by atoms with Crippen molar-refractivity contribution in [3.05, 3.63) is 0 Å². The first-order valence-electron chi connectivity index (χ1n) is 7.65. The molecular formula is C15H31NO. The van der Waals surface area contributed by atoms with Crippen LogP contribution in [0.25, 0.3) is 0 Å². The van der Waals surface area contributed by atoms with Gasteiger partial charge in [-0.15, -0.1) is 0 Å². The van der Waals surface area contributed by atoms with Gasteiger partial charge in [-0.25, -0.2) is 0 Å². The van der Waals surface area contributed by atoms with Crippen LogP contribution < -0.4 is 5.73 Å². The van der Waals surface area contributed by atoms with Gasteiger partial charge in [0.1, 0.15) is 0 Å². The second-order valence-corrected chi connectivity index (χ2v) is 5.59. The SMILES string of the molecule is CCCC(N)C(CC)OCC1CCCCCC1. The molecule has 0 aliphatic heterocycles. The van der Waals surface area contributed by atoms with E-state index >= 15 is 0 Å². The summed E-state index contributed by atoms with van der Waals surface area (Å²) in [5, 5.41) is 0. The van der Waals surface area contributed by atoms with Gasteiger partial charge in [-0.3, -0.25) is 0 Å². The second kappa shape index (κ2) is 8.93. The number of rotatable bonds is 7. The lowest BCUT2D eigenvalue weighted by Crippen LogP contribution is -2.37. The van der Waals surface area contributed by atoms with Crippen LogP contribution in [0.15, 0.2) is 0 Å². The molecule has 0 heterocycles. The van der Waals surface area contributed by atoms with Gasteiger partial charge in [-0.05, 0) is 31.6 Å². The summed E-state index contributed by atoms with van der Waals surface area (Å²) >= 11 is 0. The first kappa shape index (κ1) is 15.0. The smallest absolute Gasteiger partial charge is 0.0723 e. The fourth-order valence-corrected chi connectivity index (χ4v) is 2.85. The van der Waals surface area contributed by atoms with Crippen molar-refractivity contribution in [3.8, 4) is 0 Å². The average Bonchev–Trinajstić information content (AvgIpc) is 2.59. The standard InChI is InChI=1S/C15H31NO/c1-3-9-14(16)15(4-2)17-12-13-10-7-5-6-8-11-13/h13-15H,3-12,16H2,1-2H3. The summed E-state index contributed by atoms with van der Waals surface area (Å²) in [6, 6.07) is 0.232. The van der Waals surface area contributed by atoms with Gasteiger partial charge in [0.2, 0.25) is 0 Å². The quantitative estimate of drug-likeness (QED) is 0.687. The van der Waals surface area contributed by atoms with Gasteiger partial charge >= 0.3 is 0 Å². The van der Waals surface area contributed by atoms with Gasteiger partial charge in [-0.1, -0.05) is 46.0 Å². The van der Waals surface area contributed by atoms with Crippen LogP contribution in [0.5, 0.6) is 0 Å². The Labute approximate surface area is 107 Å². The van der Waals surface area contributed by atoms with E-state index in [9.17, 15) is 0 Å². The lowest BCUT2D eigenvalue weighted by molar-refractivity contribution is 0.00716. The van der Waals surface area contributed by atoms with Gasteiger partial charge in [0, 0.05) is 12.6 Å². The largest absolute Gasteiger partial charge is 0.376 e. The number of nitrogens with two attached hydrogens (primary N) is 1. The van der Waals surface area contributed by atoms with Crippen LogP contribution >= 0.6 is 0 Å². The van der Waals surface area contributed by atoms with Crippen molar-refractivity contribution >= 4 is 0 Å². The molecule has 2 N–H and O–H groups in total. The van der Waals surface area contributed by atoms with Crippen molar-refractivity contribution in [2.24, 2.45) is 11.7 Å². The maximum atomic E-state index is 6.16. The number of hydrogen-bond acceptors (Lipinski definition) is 2. The van der Waals surface area contributed by atoms with Gasteiger partial charge in [0.15, 0.2) is 0 Å². The summed E-state index contributed by atoms with van der Waals surface area (Å²) in [4.78, 5) is 0. The molecule has 0 aromatic rings. The van der Waals surface area contributed by atoms with E-state index in [2.05, 4.69) is 13.8 Å². The zero-order chi connectivity index (χ0) is 12.5. The van der Waals surface area contributed by atoms with E-state index in [0.717, 1.165) is 31.8 Å². The molecule has 1 rings (SSSR count). The van der Waals surface area contributed by atoms with E-state index in [4.69, 9.17) is 10.5 Å². The Morgan fingerprint density at radius 1 is 1.12 bits per heavy atom. The summed E-state index contributed by atoms with van der Waals surface area (Å²) < 4.78 is 6.08. The highest BCUT2D eigenvalue weighted by atomic mass is 16.5. The van der Waals surface area contributed by atoms with E-state index in [-0.39, 0.29) is 12.1 Å². The molecular weight excluding hydrogens is 210 g/mol. The molecule has 102 valence electrons. The Kier molecular flexibility index (Phi) is 7.87. The van der Waals surface area contributed by atoms with Crippen molar-refractivity contribution < 1.29 is 4.74 Å². The van der Waals surface area contributed by atoms with E-state index in [0.29, 0.717) is 0 Å². The molecule has 1 fully saturated rings. The molecule has 2 atom stereocenters. The van der Waals surface area contributed by atoms with Crippen molar-refractivity contribution in [1.82, 2.24) is 0 Å². The second-order valence-electron chi connectivity index (χ2n) is 5.59. The summed E-state index contributed by atoms with van der Waals surface area (Å²) in [5.74, 6) is 0.792. The molecule has 0 saturated heterocycles. The topological polar surface area (TPSA) is 35.2 Å². The minimum Gasteiger partial charge on any atom is -0.376 e. The number of ether oxygens (including phenoxy) is 1. The normalized spacial score (nSPS) is 22.1. The monoisotopic (exact) mass is 241 g/mol. The molecule has 0 radical (unpaired) electrons. The summed E-state index contributed by atoms with van der Waals surface area (Å²) in [7, 11) is 0. The lowest BCUT2D eigenvalue weighted by Gasteiger charge is -2.25. The lowest BCUT2D eigenvalue weighted by atomic mass is 10.0. The maximum absolute atomic E-state index is 6.16. The molecule has 0 spiro atoms. The average molecular weight is 241 g/mol. The zero-order valence-electron chi connectivity index (χ0n) is 11.8. The predicted octanol–water partition coefficient (Wildman–Crippen LogP) is 3.88. The molecule has 0 aromatic carbocycles. The van der Waals surface area contributed by atoms with Gasteiger partial charge < -0.3 is 10.5 Å². The molecule has 2 nitrogen and oxygen atoms in total. The zero-order valence-corrected chi connectivity index (χ0v) is 11.8. The van der Waals surface area contributed by atoms with Crippen molar-refractivity contribution in [1.29, 1.82) is 0 Å². The van der Waals surface area contributed by atoms with Crippen molar-refractivity contribution in [2.45, 2.75) is 83.8 Å². The minimum absolute atomic E-state index is 0.232. The molecule has 1 saturated carbocycles. The highest BCUT2D eigenvalue weighted by Gasteiger charge is 2.19. The van der Waals surface area contributed by atoms with Crippen LogP contribution in [-0.4, -0.2) is 18.8 Å². The van der Waals surface area contributed by atoms with E-state index in [1.165, 1.54) is 38.5 Å². The molecule has 1 aliphatic rings. The van der Waals surface area contributed by atoms with Crippen LogP contribution in [0.3, 0.4) is 0 Å². The molecule has 1 aliphatic carbocycles. The fraction of sp³-hybridized carbons (Fsp3) is 1.00. The van der Waals surface area contributed by atoms with Crippen LogP contribution in [0.1, 0.15) is 71.6 Å². The van der Waals surface area contributed by atoms with Crippen LogP contribution in [0.4, 0.5) is 0 Å². The predicted molar refractivity (Wildman–Crippen MR) is 74.1 cm³/mol. The van der Waals surface area contributed by atoms with Crippen molar-refractivity contribution in [3.63, 3.8) is 0 Å². The van der Waals surface area contributed by atoms with Crippen LogP contribution in [0.2, 0.25) is 0 Å².